The first kappa shape index (κ1) is 20.0. The zero-order valence-electron chi connectivity index (χ0n) is 15.8. The molecule has 0 spiro atoms. The Morgan fingerprint density at radius 1 is 1.23 bits per heavy atom. The summed E-state index contributed by atoms with van der Waals surface area (Å²) in [4.78, 5) is 26.4. The van der Waals surface area contributed by atoms with Gasteiger partial charge in [0.1, 0.15) is 0 Å². The number of methoxy groups -OCH3 is 2. The smallest absolute Gasteiger partial charge is 0.253 e. The number of ether oxygens (including phenoxy) is 2. The van der Waals surface area contributed by atoms with Gasteiger partial charge in [0, 0.05) is 37.2 Å². The van der Waals surface area contributed by atoms with Crippen molar-refractivity contribution in [2.75, 3.05) is 27.3 Å². The topological polar surface area (TPSA) is 93.9 Å². The van der Waals surface area contributed by atoms with Gasteiger partial charge in [-0.05, 0) is 44.4 Å². The largest absolute Gasteiger partial charge is 0.493 e. The average Bonchev–Trinajstić information content (AvgIpc) is 2.65. The van der Waals surface area contributed by atoms with E-state index in [1.54, 1.807) is 32.4 Å². The molecule has 2 rings (SSSR count). The summed E-state index contributed by atoms with van der Waals surface area (Å²) in [6.07, 6.45) is 2.64. The molecule has 1 atom stereocenters. The Hall–Kier alpha value is -2.28. The monoisotopic (exact) mass is 363 g/mol. The maximum absolute atomic E-state index is 12.7. The molecule has 0 saturated carbocycles. The summed E-state index contributed by atoms with van der Waals surface area (Å²) < 4.78 is 10.5. The second kappa shape index (κ2) is 9.43. The van der Waals surface area contributed by atoms with Crippen molar-refractivity contribution >= 4 is 11.8 Å². The van der Waals surface area contributed by atoms with Gasteiger partial charge < -0.3 is 25.4 Å². The molecule has 1 saturated heterocycles. The van der Waals surface area contributed by atoms with Gasteiger partial charge in [0.2, 0.25) is 5.91 Å². The Bertz CT molecular complexity index is 625. The van der Waals surface area contributed by atoms with Crippen LogP contribution in [0.5, 0.6) is 11.5 Å². The predicted octanol–water partition coefficient (Wildman–Crippen LogP) is 1.55. The number of hydrogen-bond acceptors (Lipinski definition) is 5. The molecule has 0 bridgehead atoms. The molecule has 7 nitrogen and oxygen atoms in total. The van der Waals surface area contributed by atoms with Gasteiger partial charge in [-0.3, -0.25) is 9.59 Å². The summed E-state index contributed by atoms with van der Waals surface area (Å²) >= 11 is 0. The standard InChI is InChI=1S/C19H29N3O4/c1-13(20)4-7-18(23)21-15-8-10-22(11-9-15)19(24)14-5-6-16(25-2)17(12-14)26-3/h5-6,12-13,15H,4,7-11,20H2,1-3H3,(H,21,23). The number of benzene rings is 1. The first-order valence-electron chi connectivity index (χ1n) is 9.00. The van der Waals surface area contributed by atoms with Crippen LogP contribution in [0.15, 0.2) is 18.2 Å². The summed E-state index contributed by atoms with van der Waals surface area (Å²) in [5.74, 6) is 1.13. The lowest BCUT2D eigenvalue weighted by Gasteiger charge is -2.32. The second-order valence-corrected chi connectivity index (χ2v) is 6.72. The lowest BCUT2D eigenvalue weighted by Crippen LogP contribution is -2.46. The molecule has 26 heavy (non-hydrogen) atoms. The molecule has 3 N–H and O–H groups in total. The lowest BCUT2D eigenvalue weighted by molar-refractivity contribution is -0.122. The number of nitrogens with two attached hydrogens (primary N) is 1. The fourth-order valence-electron chi connectivity index (χ4n) is 3.04. The first-order chi connectivity index (χ1) is 12.4. The molecule has 1 aromatic rings. The van der Waals surface area contributed by atoms with Crippen molar-refractivity contribution in [2.24, 2.45) is 5.73 Å². The third kappa shape index (κ3) is 5.36. The molecule has 1 aliphatic heterocycles. The number of nitrogens with zero attached hydrogens (tertiary/aromatic N) is 1. The SMILES string of the molecule is COc1ccc(C(=O)N2CCC(NC(=O)CCC(C)N)CC2)cc1OC. The van der Waals surface area contributed by atoms with Crippen LogP contribution in [0, 0.1) is 0 Å². The summed E-state index contributed by atoms with van der Waals surface area (Å²) in [7, 11) is 3.11. The van der Waals surface area contributed by atoms with E-state index in [1.165, 1.54) is 0 Å². The highest BCUT2D eigenvalue weighted by molar-refractivity contribution is 5.95. The maximum atomic E-state index is 12.7. The number of amides is 2. The minimum absolute atomic E-state index is 0.0294. The molecular weight excluding hydrogens is 334 g/mol. The van der Waals surface area contributed by atoms with E-state index < -0.39 is 0 Å². The van der Waals surface area contributed by atoms with E-state index >= 15 is 0 Å². The Balaban J connectivity index is 1.87. The number of likely N-dealkylation sites (tertiary alicyclic amines) is 1. The van der Waals surface area contributed by atoms with E-state index in [2.05, 4.69) is 5.32 Å². The van der Waals surface area contributed by atoms with Crippen molar-refractivity contribution in [3.05, 3.63) is 23.8 Å². The molecule has 1 heterocycles. The van der Waals surface area contributed by atoms with E-state index in [9.17, 15) is 9.59 Å². The van der Waals surface area contributed by atoms with Crippen LogP contribution >= 0.6 is 0 Å². The molecule has 7 heteroatoms. The van der Waals surface area contributed by atoms with Crippen LogP contribution in [0.4, 0.5) is 0 Å². The van der Waals surface area contributed by atoms with Crippen LogP contribution in [-0.2, 0) is 4.79 Å². The van der Waals surface area contributed by atoms with Crippen molar-refractivity contribution in [1.29, 1.82) is 0 Å². The van der Waals surface area contributed by atoms with Crippen molar-refractivity contribution < 1.29 is 19.1 Å². The molecule has 1 aliphatic rings. The Morgan fingerprint density at radius 2 is 1.88 bits per heavy atom. The molecule has 1 aromatic carbocycles. The van der Waals surface area contributed by atoms with E-state index in [0.717, 1.165) is 12.8 Å². The summed E-state index contributed by atoms with van der Waals surface area (Å²) in [6, 6.07) is 5.32. The van der Waals surface area contributed by atoms with Gasteiger partial charge in [-0.15, -0.1) is 0 Å². The van der Waals surface area contributed by atoms with Crippen LogP contribution < -0.4 is 20.5 Å². The second-order valence-electron chi connectivity index (χ2n) is 6.72. The van der Waals surface area contributed by atoms with Crippen LogP contribution in [-0.4, -0.2) is 56.1 Å². The number of nitrogens with one attached hydrogen (secondary N) is 1. The van der Waals surface area contributed by atoms with Gasteiger partial charge in [0.05, 0.1) is 14.2 Å². The predicted molar refractivity (Wildman–Crippen MR) is 99.5 cm³/mol. The normalized spacial score (nSPS) is 16.1. The van der Waals surface area contributed by atoms with Gasteiger partial charge in [-0.1, -0.05) is 0 Å². The van der Waals surface area contributed by atoms with Gasteiger partial charge in [0.15, 0.2) is 11.5 Å². The molecule has 144 valence electrons. The highest BCUT2D eigenvalue weighted by atomic mass is 16.5. The van der Waals surface area contributed by atoms with Gasteiger partial charge in [-0.25, -0.2) is 0 Å². The number of carbonyl (C=O) groups excluding carboxylic acids is 2. The minimum Gasteiger partial charge on any atom is -0.493 e. The number of carbonyl (C=O) groups is 2. The summed E-state index contributed by atoms with van der Waals surface area (Å²) in [6.45, 7) is 3.13. The van der Waals surface area contributed by atoms with Crippen LogP contribution in [0.3, 0.4) is 0 Å². The Morgan fingerprint density at radius 3 is 2.46 bits per heavy atom. The number of rotatable bonds is 7. The van der Waals surface area contributed by atoms with Gasteiger partial charge >= 0.3 is 0 Å². The zero-order valence-corrected chi connectivity index (χ0v) is 15.8. The lowest BCUT2D eigenvalue weighted by atomic mass is 10.0. The third-order valence-electron chi connectivity index (χ3n) is 4.60. The van der Waals surface area contributed by atoms with E-state index in [-0.39, 0.29) is 23.9 Å². The molecule has 2 amide bonds. The quantitative estimate of drug-likeness (QED) is 0.767. The van der Waals surface area contributed by atoms with Crippen molar-refractivity contribution in [1.82, 2.24) is 10.2 Å². The molecule has 1 unspecified atom stereocenters. The molecular formula is C19H29N3O4. The first-order valence-corrected chi connectivity index (χ1v) is 9.00. The third-order valence-corrected chi connectivity index (χ3v) is 4.60. The van der Waals surface area contributed by atoms with E-state index in [0.29, 0.717) is 43.0 Å². The maximum Gasteiger partial charge on any atom is 0.253 e. The molecule has 1 fully saturated rings. The van der Waals surface area contributed by atoms with Crippen molar-refractivity contribution in [3.63, 3.8) is 0 Å². The molecule has 0 aliphatic carbocycles. The van der Waals surface area contributed by atoms with E-state index in [1.807, 2.05) is 11.8 Å². The Labute approximate surface area is 154 Å². The van der Waals surface area contributed by atoms with Crippen molar-refractivity contribution in [2.45, 2.75) is 44.7 Å². The van der Waals surface area contributed by atoms with Crippen LogP contribution in [0.2, 0.25) is 0 Å². The number of piperidine rings is 1. The average molecular weight is 363 g/mol. The highest BCUT2D eigenvalue weighted by Crippen LogP contribution is 2.28. The highest BCUT2D eigenvalue weighted by Gasteiger charge is 2.25. The minimum atomic E-state index is -0.0345. The fraction of sp³-hybridized carbons (Fsp3) is 0.579. The Kier molecular flexibility index (Phi) is 7.26. The number of hydrogen-bond donors (Lipinski definition) is 2. The van der Waals surface area contributed by atoms with Gasteiger partial charge in [0.25, 0.3) is 5.91 Å². The van der Waals surface area contributed by atoms with Crippen LogP contribution in [0.1, 0.15) is 43.0 Å². The van der Waals surface area contributed by atoms with Crippen molar-refractivity contribution in [3.8, 4) is 11.5 Å². The van der Waals surface area contributed by atoms with Gasteiger partial charge in [-0.2, -0.15) is 0 Å². The van der Waals surface area contributed by atoms with E-state index in [4.69, 9.17) is 15.2 Å². The summed E-state index contributed by atoms with van der Waals surface area (Å²) in [5, 5.41) is 3.04. The van der Waals surface area contributed by atoms with Crippen LogP contribution in [0.25, 0.3) is 0 Å². The zero-order chi connectivity index (χ0) is 19.1. The molecule has 0 radical (unpaired) electrons. The molecule has 0 aromatic heterocycles. The summed E-state index contributed by atoms with van der Waals surface area (Å²) in [5.41, 5.74) is 6.25. The fourth-order valence-corrected chi connectivity index (χ4v) is 3.04.